The fourth-order valence-electron chi connectivity index (χ4n) is 3.08. The summed E-state index contributed by atoms with van der Waals surface area (Å²) in [7, 11) is 0. The van der Waals surface area contributed by atoms with Crippen LogP contribution in [0, 0.1) is 0 Å². The molecule has 1 aliphatic rings. The highest BCUT2D eigenvalue weighted by Crippen LogP contribution is 2.31. The molecule has 0 saturated carbocycles. The molecule has 148 valence electrons. The van der Waals surface area contributed by atoms with E-state index < -0.39 is 0 Å². The highest BCUT2D eigenvalue weighted by atomic mass is 79.9. The molecule has 3 N–H and O–H groups in total. The van der Waals surface area contributed by atoms with Gasteiger partial charge in [-0.2, -0.15) is 0 Å². The van der Waals surface area contributed by atoms with Crippen molar-refractivity contribution < 1.29 is 9.53 Å². The summed E-state index contributed by atoms with van der Waals surface area (Å²) in [6.07, 6.45) is 0.451. The Morgan fingerprint density at radius 3 is 2.79 bits per heavy atom. The van der Waals surface area contributed by atoms with E-state index in [1.807, 2.05) is 49.4 Å². The Labute approximate surface area is 173 Å². The number of fused-ring (bicyclic) bond motifs is 1. The number of anilines is 1. The summed E-state index contributed by atoms with van der Waals surface area (Å²) >= 11 is 3.41. The Morgan fingerprint density at radius 1 is 1.21 bits per heavy atom. The Kier molecular flexibility index (Phi) is 7.31. The number of benzene rings is 2. The van der Waals surface area contributed by atoms with Gasteiger partial charge in [-0.3, -0.25) is 9.79 Å². The zero-order valence-corrected chi connectivity index (χ0v) is 17.5. The largest absolute Gasteiger partial charge is 0.492 e. The molecular weight excluding hydrogens is 420 g/mol. The van der Waals surface area contributed by atoms with Crippen molar-refractivity contribution in [1.82, 2.24) is 10.6 Å². The number of nitrogens with zero attached hydrogens (tertiary/aromatic N) is 1. The minimum atomic E-state index is 0.0414. The van der Waals surface area contributed by atoms with Crippen molar-refractivity contribution in [2.24, 2.45) is 4.99 Å². The number of ether oxygens (including phenoxy) is 1. The van der Waals surface area contributed by atoms with Gasteiger partial charge in [0.15, 0.2) is 5.96 Å². The minimum absolute atomic E-state index is 0.0414. The van der Waals surface area contributed by atoms with Crippen LogP contribution in [0.2, 0.25) is 0 Å². The van der Waals surface area contributed by atoms with Gasteiger partial charge in [0.2, 0.25) is 5.91 Å². The Morgan fingerprint density at radius 2 is 2.00 bits per heavy atom. The van der Waals surface area contributed by atoms with Crippen LogP contribution in [-0.4, -0.2) is 38.1 Å². The van der Waals surface area contributed by atoms with E-state index in [2.05, 4.69) is 42.9 Å². The predicted molar refractivity (Wildman–Crippen MR) is 116 cm³/mol. The van der Waals surface area contributed by atoms with Crippen molar-refractivity contribution in [2.75, 3.05) is 31.6 Å². The van der Waals surface area contributed by atoms with Gasteiger partial charge in [-0.25, -0.2) is 0 Å². The van der Waals surface area contributed by atoms with E-state index in [-0.39, 0.29) is 11.8 Å². The summed E-state index contributed by atoms with van der Waals surface area (Å²) < 4.78 is 6.75. The van der Waals surface area contributed by atoms with Crippen LogP contribution in [0.25, 0.3) is 0 Å². The molecule has 6 nitrogen and oxygen atoms in total. The molecule has 0 aromatic heterocycles. The standard InChI is InChI=1S/C21H25BrN4O2/c1-2-23-21(24-11-12-28-17-9-7-16(22)8-10-17)25-14-15-13-20(27)26-19-6-4-3-5-18(15)19/h3-10,15H,2,11-14H2,1H3,(H,26,27)(H2,23,24,25). The van der Waals surface area contributed by atoms with Crippen molar-refractivity contribution in [3.05, 3.63) is 58.6 Å². The summed E-state index contributed by atoms with van der Waals surface area (Å²) in [4.78, 5) is 16.6. The van der Waals surface area contributed by atoms with Crippen molar-refractivity contribution in [2.45, 2.75) is 19.3 Å². The summed E-state index contributed by atoms with van der Waals surface area (Å²) in [6, 6.07) is 15.7. The lowest BCUT2D eigenvalue weighted by Gasteiger charge is -2.24. The number of carbonyl (C=O) groups excluding carboxylic acids is 1. The number of carbonyl (C=O) groups is 1. The van der Waals surface area contributed by atoms with E-state index in [9.17, 15) is 4.79 Å². The number of hydrogen-bond donors (Lipinski definition) is 3. The first-order valence-corrected chi connectivity index (χ1v) is 10.2. The fourth-order valence-corrected chi connectivity index (χ4v) is 3.34. The lowest BCUT2D eigenvalue weighted by atomic mass is 9.91. The van der Waals surface area contributed by atoms with Crippen LogP contribution in [-0.2, 0) is 4.79 Å². The van der Waals surface area contributed by atoms with Crippen molar-refractivity contribution in [3.63, 3.8) is 0 Å². The lowest BCUT2D eigenvalue weighted by Crippen LogP contribution is -2.39. The maximum absolute atomic E-state index is 12.0. The van der Waals surface area contributed by atoms with E-state index >= 15 is 0 Å². The lowest BCUT2D eigenvalue weighted by molar-refractivity contribution is -0.116. The molecular formula is C21H25BrN4O2. The molecule has 0 fully saturated rings. The highest BCUT2D eigenvalue weighted by Gasteiger charge is 2.24. The number of halogens is 1. The number of aliphatic imine (C=N–C) groups is 1. The normalized spacial score (nSPS) is 16.1. The van der Waals surface area contributed by atoms with Gasteiger partial charge in [-0.15, -0.1) is 0 Å². The molecule has 0 saturated heterocycles. The van der Waals surface area contributed by atoms with Crippen molar-refractivity contribution in [1.29, 1.82) is 0 Å². The summed E-state index contributed by atoms with van der Waals surface area (Å²) in [6.45, 7) is 4.50. The molecule has 2 aromatic rings. The Hall–Kier alpha value is -2.54. The van der Waals surface area contributed by atoms with Gasteiger partial charge in [-0.1, -0.05) is 34.1 Å². The second kappa shape index (κ2) is 10.1. The molecule has 1 amide bonds. The van der Waals surface area contributed by atoms with E-state index in [1.54, 1.807) is 0 Å². The number of rotatable bonds is 7. The molecule has 1 heterocycles. The number of guanidine groups is 1. The Balaban J connectivity index is 1.54. The highest BCUT2D eigenvalue weighted by molar-refractivity contribution is 9.10. The smallest absolute Gasteiger partial charge is 0.225 e. The van der Waals surface area contributed by atoms with E-state index in [0.717, 1.165) is 34.0 Å². The van der Waals surface area contributed by atoms with Gasteiger partial charge in [0.05, 0.1) is 13.1 Å². The van der Waals surface area contributed by atoms with Crippen LogP contribution in [0.4, 0.5) is 5.69 Å². The second-order valence-electron chi connectivity index (χ2n) is 6.49. The summed E-state index contributed by atoms with van der Waals surface area (Å²) in [5, 5.41) is 9.45. The van der Waals surface area contributed by atoms with Crippen LogP contribution in [0.1, 0.15) is 24.8 Å². The molecule has 1 aliphatic heterocycles. The van der Waals surface area contributed by atoms with Crippen molar-refractivity contribution in [3.8, 4) is 5.75 Å². The molecule has 2 aromatic carbocycles. The molecule has 1 atom stereocenters. The first-order valence-electron chi connectivity index (χ1n) is 9.45. The molecule has 7 heteroatoms. The van der Waals surface area contributed by atoms with Gasteiger partial charge in [0.25, 0.3) is 0 Å². The maximum atomic E-state index is 12.0. The van der Waals surface area contributed by atoms with Gasteiger partial charge in [0, 0.05) is 29.0 Å². The fraction of sp³-hybridized carbons (Fsp3) is 0.333. The third kappa shape index (κ3) is 5.73. The maximum Gasteiger partial charge on any atom is 0.225 e. The van der Waals surface area contributed by atoms with E-state index in [0.29, 0.717) is 26.1 Å². The number of nitrogens with one attached hydrogen (secondary N) is 3. The molecule has 28 heavy (non-hydrogen) atoms. The molecule has 0 aliphatic carbocycles. The zero-order chi connectivity index (χ0) is 19.8. The number of hydrogen-bond acceptors (Lipinski definition) is 3. The topological polar surface area (TPSA) is 74.8 Å². The minimum Gasteiger partial charge on any atom is -0.492 e. The van der Waals surface area contributed by atoms with Crippen LogP contribution in [0.3, 0.4) is 0 Å². The van der Waals surface area contributed by atoms with E-state index in [4.69, 9.17) is 4.74 Å². The van der Waals surface area contributed by atoms with Crippen molar-refractivity contribution >= 4 is 33.5 Å². The summed E-state index contributed by atoms with van der Waals surface area (Å²) in [5.41, 5.74) is 2.03. The zero-order valence-electron chi connectivity index (χ0n) is 15.9. The number of amides is 1. The number of para-hydroxylation sites is 1. The second-order valence-corrected chi connectivity index (χ2v) is 7.40. The third-order valence-electron chi connectivity index (χ3n) is 4.40. The third-order valence-corrected chi connectivity index (χ3v) is 4.93. The molecule has 0 radical (unpaired) electrons. The van der Waals surface area contributed by atoms with Crippen LogP contribution in [0.5, 0.6) is 5.75 Å². The van der Waals surface area contributed by atoms with Crippen LogP contribution in [0.15, 0.2) is 58.0 Å². The van der Waals surface area contributed by atoms with Gasteiger partial charge < -0.3 is 20.7 Å². The van der Waals surface area contributed by atoms with Gasteiger partial charge in [0.1, 0.15) is 12.4 Å². The summed E-state index contributed by atoms with van der Waals surface area (Å²) in [5.74, 6) is 1.68. The predicted octanol–water partition coefficient (Wildman–Crippen LogP) is 3.51. The molecule has 0 spiro atoms. The molecule has 3 rings (SSSR count). The quantitative estimate of drug-likeness (QED) is 0.347. The first kappa shape index (κ1) is 20.2. The van der Waals surface area contributed by atoms with Gasteiger partial charge >= 0.3 is 0 Å². The molecule has 1 unspecified atom stereocenters. The van der Waals surface area contributed by atoms with Crippen LogP contribution >= 0.6 is 15.9 Å². The average Bonchev–Trinajstić information content (AvgIpc) is 2.70. The Bertz CT molecular complexity index is 823. The SMILES string of the molecule is CCNC(=NCC1CC(=O)Nc2ccccc21)NCCOc1ccc(Br)cc1. The van der Waals surface area contributed by atoms with Gasteiger partial charge in [-0.05, 0) is 42.8 Å². The first-order chi connectivity index (χ1) is 13.7. The van der Waals surface area contributed by atoms with Crippen LogP contribution < -0.4 is 20.7 Å². The molecule has 0 bridgehead atoms. The van der Waals surface area contributed by atoms with E-state index in [1.165, 1.54) is 0 Å². The monoisotopic (exact) mass is 444 g/mol. The average molecular weight is 445 g/mol.